The van der Waals surface area contributed by atoms with Crippen molar-refractivity contribution in [2.75, 3.05) is 0 Å². The molecule has 0 amide bonds. The molecule has 0 bridgehead atoms. The smallest absolute Gasteiger partial charge is 0.244 e. The second-order valence-corrected chi connectivity index (χ2v) is 20.2. The lowest BCUT2D eigenvalue weighted by atomic mass is 9.88. The highest BCUT2D eigenvalue weighted by Gasteiger charge is 2.48. The Balaban J connectivity index is 1.05. The molecule has 0 spiro atoms. The second-order valence-electron chi connectivity index (χ2n) is 16.5. The maximum absolute atomic E-state index is 8.73. The van der Waals surface area contributed by atoms with Crippen molar-refractivity contribution in [1.82, 2.24) is 14.1 Å². The van der Waals surface area contributed by atoms with Gasteiger partial charge in [-0.25, -0.2) is 4.98 Å². The number of aromatic nitrogens is 4. The van der Waals surface area contributed by atoms with Crippen LogP contribution in [-0.4, -0.2) is 22.2 Å². The van der Waals surface area contributed by atoms with Gasteiger partial charge in [0.15, 0.2) is 8.07 Å². The second kappa shape index (κ2) is 13.7. The number of ether oxygens (including phenoxy) is 2. The Bertz CT molecular complexity index is 3350. The molecule has 0 N–H and O–H groups in total. The molecule has 290 valence electrons. The zero-order valence-electron chi connectivity index (χ0n) is 36.4. The molecule has 0 radical (unpaired) electrons. The van der Waals surface area contributed by atoms with Gasteiger partial charge >= 0.3 is 0 Å². The van der Waals surface area contributed by atoms with E-state index in [2.05, 4.69) is 141 Å². The minimum atomic E-state index is -3.04. The first kappa shape index (κ1) is 32.7. The van der Waals surface area contributed by atoms with E-state index in [-0.39, 0.29) is 5.41 Å². The Morgan fingerprint density at radius 2 is 1.35 bits per heavy atom. The van der Waals surface area contributed by atoms with Crippen molar-refractivity contribution in [3.63, 3.8) is 0 Å². The van der Waals surface area contributed by atoms with Crippen LogP contribution >= 0.6 is 0 Å². The molecule has 0 saturated carbocycles. The molecule has 1 aliphatic heterocycles. The van der Waals surface area contributed by atoms with Gasteiger partial charge in [-0.05, 0) is 86.3 Å². The number of benzene rings is 7. The van der Waals surface area contributed by atoms with Crippen LogP contribution in [-0.2, 0) is 12.4 Å². The first-order chi connectivity index (χ1) is 30.5. The Kier molecular flexibility index (Phi) is 7.46. The summed E-state index contributed by atoms with van der Waals surface area (Å²) < 4.78 is 45.0. The van der Waals surface area contributed by atoms with Gasteiger partial charge in [0.25, 0.3) is 0 Å². The first-order valence-corrected chi connectivity index (χ1v) is 22.2. The third kappa shape index (κ3) is 5.61. The van der Waals surface area contributed by atoms with Gasteiger partial charge in [-0.15, -0.1) is 0 Å². The quantitative estimate of drug-likeness (QED) is 0.0958. The molecule has 0 unspecified atom stereocenters. The molecular formula is C53H42N4O2Si. The van der Waals surface area contributed by atoms with E-state index in [0.717, 1.165) is 43.7 Å². The molecule has 3 aromatic heterocycles. The molecule has 7 aromatic carbocycles. The fourth-order valence-corrected chi connectivity index (χ4v) is 14.0. The summed E-state index contributed by atoms with van der Waals surface area (Å²) in [5.41, 5.74) is 5.03. The Morgan fingerprint density at radius 3 is 2.13 bits per heavy atom. The topological polar surface area (TPSA) is 45.1 Å². The molecule has 11 rings (SSSR count). The van der Waals surface area contributed by atoms with Crippen molar-refractivity contribution in [2.45, 2.75) is 26.2 Å². The largest absolute Gasteiger partial charge is 0.458 e. The number of hydrogen-bond donors (Lipinski definition) is 0. The monoisotopic (exact) mass is 797 g/mol. The Hall–Kier alpha value is -7.22. The number of imidazole rings is 1. The number of nitrogens with zero attached hydrogens (tertiary/aromatic N) is 4. The summed E-state index contributed by atoms with van der Waals surface area (Å²) in [6, 6.07) is 59.8. The predicted molar refractivity (Wildman–Crippen MR) is 244 cm³/mol. The lowest BCUT2D eigenvalue weighted by Gasteiger charge is -2.39. The fourth-order valence-electron chi connectivity index (χ4n) is 9.08. The van der Waals surface area contributed by atoms with Gasteiger partial charge in [0.2, 0.25) is 6.33 Å². The van der Waals surface area contributed by atoms with Crippen molar-refractivity contribution >= 4 is 61.7 Å². The average molecular weight is 798 g/mol. The van der Waals surface area contributed by atoms with Crippen LogP contribution in [0.2, 0.25) is 0 Å². The van der Waals surface area contributed by atoms with Gasteiger partial charge in [0.05, 0.1) is 38.8 Å². The normalized spacial score (nSPS) is 14.2. The van der Waals surface area contributed by atoms with Crippen LogP contribution in [0, 0.1) is 6.33 Å². The number of fused-ring (bicyclic) bond motifs is 6. The highest BCUT2D eigenvalue weighted by Crippen LogP contribution is 2.37. The summed E-state index contributed by atoms with van der Waals surface area (Å²) in [5.74, 6) is 3.55. The molecule has 0 fully saturated rings. The zero-order chi connectivity index (χ0) is 43.1. The molecule has 10 aromatic rings. The summed E-state index contributed by atoms with van der Waals surface area (Å²) in [7, 11) is -3.04. The lowest BCUT2D eigenvalue weighted by Crippen LogP contribution is -2.76. The van der Waals surface area contributed by atoms with Crippen molar-refractivity contribution in [1.29, 1.82) is 0 Å². The highest BCUT2D eigenvalue weighted by atomic mass is 28.3. The van der Waals surface area contributed by atoms with Crippen LogP contribution in [0.1, 0.15) is 30.4 Å². The number of para-hydroxylation sites is 2. The molecule has 4 heterocycles. The van der Waals surface area contributed by atoms with E-state index >= 15 is 0 Å². The lowest BCUT2D eigenvalue weighted by molar-refractivity contribution is -0.649. The molecule has 1 aliphatic rings. The molecule has 7 heteroatoms. The minimum absolute atomic E-state index is 0.0462. The SMILES string of the molecule is [2H]C([2H])([2H])[n+]1[c-]n(-c2cccc(Oc3ccc4c5ccccc5n(-c5cc(C(C)(C)C)ccn5)c4c3)c2)c2cc3c(cc21)[Si](c1ccccc1)(c1ccccc1)c1ccccc1O3. The van der Waals surface area contributed by atoms with Gasteiger partial charge in [-0.3, -0.25) is 4.57 Å². The summed E-state index contributed by atoms with van der Waals surface area (Å²) in [6.45, 7) is 4.09. The summed E-state index contributed by atoms with van der Waals surface area (Å²) in [5, 5.41) is 6.65. The zero-order valence-corrected chi connectivity index (χ0v) is 34.4. The van der Waals surface area contributed by atoms with Crippen LogP contribution in [0.5, 0.6) is 23.0 Å². The van der Waals surface area contributed by atoms with Gasteiger partial charge in [-0.1, -0.05) is 136 Å². The average Bonchev–Trinajstić information content (AvgIpc) is 3.84. The minimum Gasteiger partial charge on any atom is -0.458 e. The summed E-state index contributed by atoms with van der Waals surface area (Å²) in [6.07, 6.45) is 5.11. The van der Waals surface area contributed by atoms with Crippen LogP contribution in [0.3, 0.4) is 0 Å². The molecular weight excluding hydrogens is 753 g/mol. The molecule has 60 heavy (non-hydrogen) atoms. The van der Waals surface area contributed by atoms with Gasteiger partial charge in [-0.2, -0.15) is 0 Å². The molecule has 0 saturated heterocycles. The van der Waals surface area contributed by atoms with E-state index in [1.54, 1.807) is 4.57 Å². The maximum Gasteiger partial charge on any atom is 0.244 e. The third-order valence-electron chi connectivity index (χ3n) is 11.9. The molecule has 0 atom stereocenters. The summed E-state index contributed by atoms with van der Waals surface area (Å²) >= 11 is 0. The predicted octanol–water partition coefficient (Wildman–Crippen LogP) is 9.32. The highest BCUT2D eigenvalue weighted by molar-refractivity contribution is 7.20. The van der Waals surface area contributed by atoms with Crippen LogP contribution in [0.15, 0.2) is 182 Å². The molecule has 0 aliphatic carbocycles. The number of rotatable bonds is 6. The van der Waals surface area contributed by atoms with Gasteiger partial charge in [0.1, 0.15) is 28.8 Å². The standard InChI is InChI=1S/C53H42N4O2Si/c1-53(2,3)36-28-29-54-52(30-36)57-44-23-12-11-22-42(44)43-27-26-39(32-45(43)57)58-38-17-15-16-37(31-38)56-35-55(4)46-34-51-49(33-47(46)56)59-48-24-13-14-25-50(48)60(51,40-18-7-5-8-19-40)41-20-9-6-10-21-41/h5-34H,1-4H3/i4D3. The van der Waals surface area contributed by atoms with Crippen molar-refractivity contribution in [2.24, 2.45) is 6.98 Å². The van der Waals surface area contributed by atoms with Crippen LogP contribution in [0.25, 0.3) is 44.3 Å². The first-order valence-electron chi connectivity index (χ1n) is 21.7. The van der Waals surface area contributed by atoms with Crippen molar-refractivity contribution in [3.05, 3.63) is 194 Å². The van der Waals surface area contributed by atoms with E-state index < -0.39 is 15.0 Å². The van der Waals surface area contributed by atoms with Crippen LogP contribution in [0.4, 0.5) is 0 Å². The summed E-state index contributed by atoms with van der Waals surface area (Å²) in [4.78, 5) is 4.84. The van der Waals surface area contributed by atoms with E-state index in [0.29, 0.717) is 34.0 Å². The van der Waals surface area contributed by atoms with E-state index in [9.17, 15) is 0 Å². The maximum atomic E-state index is 8.73. The van der Waals surface area contributed by atoms with Gasteiger partial charge in [0, 0.05) is 23.0 Å². The Morgan fingerprint density at radius 1 is 0.633 bits per heavy atom. The fraction of sp³-hybridized carbons (Fsp3) is 0.0943. The number of aryl methyl sites for hydroxylation is 1. The third-order valence-corrected chi connectivity index (χ3v) is 16.7. The van der Waals surface area contributed by atoms with Crippen molar-refractivity contribution < 1.29 is 18.2 Å². The van der Waals surface area contributed by atoms with E-state index in [1.165, 1.54) is 20.5 Å². The van der Waals surface area contributed by atoms with E-state index in [4.69, 9.17) is 18.6 Å². The van der Waals surface area contributed by atoms with Gasteiger partial charge < -0.3 is 18.6 Å². The van der Waals surface area contributed by atoms with Crippen LogP contribution < -0.4 is 34.8 Å². The Labute approximate surface area is 354 Å². The number of hydrogen-bond acceptors (Lipinski definition) is 3. The number of pyridine rings is 1. The van der Waals surface area contributed by atoms with Crippen molar-refractivity contribution in [3.8, 4) is 34.5 Å². The van der Waals surface area contributed by atoms with E-state index in [1.807, 2.05) is 72.9 Å². The molecule has 6 nitrogen and oxygen atoms in total.